The first-order valence-corrected chi connectivity index (χ1v) is 7.59. The van der Waals surface area contributed by atoms with Crippen LogP contribution >= 0.6 is 11.3 Å². The third kappa shape index (κ3) is 2.87. The lowest BCUT2D eigenvalue weighted by atomic mass is 10.2. The first-order chi connectivity index (χ1) is 8.49. The normalized spacial score (nSPS) is 11.6. The van der Waals surface area contributed by atoms with Gasteiger partial charge in [-0.2, -0.15) is 0 Å². The van der Waals surface area contributed by atoms with Gasteiger partial charge in [0, 0.05) is 17.3 Å². The molecule has 0 aliphatic rings. The van der Waals surface area contributed by atoms with Crippen molar-refractivity contribution in [1.82, 2.24) is 9.71 Å². The Balaban J connectivity index is 2.20. The molecule has 0 aliphatic carbocycles. The summed E-state index contributed by atoms with van der Waals surface area (Å²) in [5, 5.41) is 2.53. The quantitative estimate of drug-likeness (QED) is 0.833. The van der Waals surface area contributed by atoms with Crippen molar-refractivity contribution in [3.8, 4) is 0 Å². The molecule has 0 radical (unpaired) electrons. The topological polar surface area (TPSA) is 85.1 Å². The zero-order valence-electron chi connectivity index (χ0n) is 9.75. The summed E-state index contributed by atoms with van der Waals surface area (Å²) in [6.07, 6.45) is 1.64. The number of nitrogens with two attached hydrogens (primary N) is 1. The van der Waals surface area contributed by atoms with E-state index in [2.05, 4.69) is 9.71 Å². The number of thiazole rings is 1. The second kappa shape index (κ2) is 5.05. The van der Waals surface area contributed by atoms with E-state index in [1.807, 2.05) is 0 Å². The number of anilines is 1. The number of hydrogen-bond donors (Lipinski definition) is 2. The van der Waals surface area contributed by atoms with E-state index in [-0.39, 0.29) is 11.4 Å². The molecule has 7 heteroatoms. The molecule has 0 saturated carbocycles. The van der Waals surface area contributed by atoms with Crippen LogP contribution in [0.2, 0.25) is 0 Å². The van der Waals surface area contributed by atoms with Crippen molar-refractivity contribution in [2.75, 3.05) is 5.73 Å². The number of nitrogens with one attached hydrogen (secondary N) is 1. The molecule has 18 heavy (non-hydrogen) atoms. The fraction of sp³-hybridized carbons (Fsp3) is 0.182. The third-order valence-electron chi connectivity index (χ3n) is 2.39. The number of sulfonamides is 1. The maximum atomic E-state index is 12.1. The van der Waals surface area contributed by atoms with Crippen LogP contribution in [0.15, 0.2) is 34.7 Å². The molecule has 96 valence electrons. The highest BCUT2D eigenvalue weighted by Crippen LogP contribution is 2.18. The summed E-state index contributed by atoms with van der Waals surface area (Å²) in [6.45, 7) is 1.91. The Morgan fingerprint density at radius 1 is 1.44 bits per heavy atom. The van der Waals surface area contributed by atoms with Gasteiger partial charge in [0.15, 0.2) is 0 Å². The molecule has 0 bridgehead atoms. The molecule has 3 N–H and O–H groups in total. The SMILES string of the molecule is Cc1cc(N)ccc1S(=O)(=O)NCc1nccs1. The van der Waals surface area contributed by atoms with Gasteiger partial charge >= 0.3 is 0 Å². The smallest absolute Gasteiger partial charge is 0.241 e. The summed E-state index contributed by atoms with van der Waals surface area (Å²) in [4.78, 5) is 4.26. The van der Waals surface area contributed by atoms with E-state index < -0.39 is 10.0 Å². The highest BCUT2D eigenvalue weighted by Gasteiger charge is 2.16. The van der Waals surface area contributed by atoms with E-state index in [4.69, 9.17) is 5.73 Å². The van der Waals surface area contributed by atoms with E-state index in [0.29, 0.717) is 11.3 Å². The van der Waals surface area contributed by atoms with Crippen molar-refractivity contribution in [2.24, 2.45) is 0 Å². The molecule has 2 aromatic rings. The predicted molar refractivity (Wildman–Crippen MR) is 71.7 cm³/mol. The maximum absolute atomic E-state index is 12.1. The predicted octanol–water partition coefficient (Wildman–Crippen LogP) is 1.51. The molecule has 0 amide bonds. The average Bonchev–Trinajstić information content (AvgIpc) is 2.78. The number of hydrogen-bond acceptors (Lipinski definition) is 5. The standard InChI is InChI=1S/C11H13N3O2S2/c1-8-6-9(12)2-3-10(8)18(15,16)14-7-11-13-4-5-17-11/h2-6,14H,7,12H2,1H3. The fourth-order valence-corrected chi connectivity index (χ4v) is 3.41. The fourth-order valence-electron chi connectivity index (χ4n) is 1.55. The lowest BCUT2D eigenvalue weighted by molar-refractivity contribution is 0.580. The van der Waals surface area contributed by atoms with Crippen molar-refractivity contribution >= 4 is 27.0 Å². The average molecular weight is 283 g/mol. The minimum atomic E-state index is -3.52. The second-order valence-electron chi connectivity index (χ2n) is 3.78. The van der Waals surface area contributed by atoms with Gasteiger partial charge in [0.25, 0.3) is 0 Å². The van der Waals surface area contributed by atoms with Crippen molar-refractivity contribution in [3.63, 3.8) is 0 Å². The summed E-state index contributed by atoms with van der Waals surface area (Å²) < 4.78 is 26.7. The molecule has 0 spiro atoms. The van der Waals surface area contributed by atoms with E-state index >= 15 is 0 Å². The molecule has 2 rings (SSSR count). The molecular formula is C11H13N3O2S2. The van der Waals surface area contributed by atoms with Crippen molar-refractivity contribution < 1.29 is 8.42 Å². The molecule has 0 aliphatic heterocycles. The van der Waals surface area contributed by atoms with Crippen LogP contribution in [0, 0.1) is 6.92 Å². The molecule has 1 aromatic carbocycles. The minimum Gasteiger partial charge on any atom is -0.399 e. The van der Waals surface area contributed by atoms with Crippen LogP contribution in [0.3, 0.4) is 0 Å². The first kappa shape index (κ1) is 13.0. The number of nitrogen functional groups attached to an aromatic ring is 1. The van der Waals surface area contributed by atoms with Crippen LogP contribution in [-0.2, 0) is 16.6 Å². The Labute approximate surface area is 110 Å². The Morgan fingerprint density at radius 2 is 2.22 bits per heavy atom. The van der Waals surface area contributed by atoms with Crippen molar-refractivity contribution in [1.29, 1.82) is 0 Å². The highest BCUT2D eigenvalue weighted by atomic mass is 32.2. The molecule has 1 aromatic heterocycles. The summed E-state index contributed by atoms with van der Waals surface area (Å²) in [7, 11) is -3.52. The van der Waals surface area contributed by atoms with Crippen molar-refractivity contribution in [3.05, 3.63) is 40.3 Å². The van der Waals surface area contributed by atoms with E-state index in [0.717, 1.165) is 5.01 Å². The monoisotopic (exact) mass is 283 g/mol. The van der Waals surface area contributed by atoms with Gasteiger partial charge in [-0.3, -0.25) is 0 Å². The van der Waals surface area contributed by atoms with Gasteiger partial charge in [0.05, 0.1) is 11.4 Å². The summed E-state index contributed by atoms with van der Waals surface area (Å²) in [6, 6.07) is 4.72. The Hall–Kier alpha value is -1.44. The number of nitrogens with zero attached hydrogens (tertiary/aromatic N) is 1. The van der Waals surface area contributed by atoms with Crippen molar-refractivity contribution in [2.45, 2.75) is 18.4 Å². The van der Waals surface area contributed by atoms with Gasteiger partial charge in [-0.05, 0) is 30.7 Å². The molecule has 0 atom stereocenters. The zero-order valence-corrected chi connectivity index (χ0v) is 11.4. The van der Waals surface area contributed by atoms with Gasteiger partial charge < -0.3 is 5.73 Å². The van der Waals surface area contributed by atoms with Gasteiger partial charge in [0.2, 0.25) is 10.0 Å². The minimum absolute atomic E-state index is 0.198. The second-order valence-corrected chi connectivity index (χ2v) is 6.49. The van der Waals surface area contributed by atoms with Crippen LogP contribution in [0.1, 0.15) is 10.6 Å². The van der Waals surface area contributed by atoms with Crippen LogP contribution in [0.5, 0.6) is 0 Å². The van der Waals surface area contributed by atoms with Gasteiger partial charge in [-0.15, -0.1) is 11.3 Å². The van der Waals surface area contributed by atoms with Gasteiger partial charge in [0.1, 0.15) is 5.01 Å². The number of benzene rings is 1. The number of aryl methyl sites for hydroxylation is 1. The molecule has 0 saturated heterocycles. The lowest BCUT2D eigenvalue weighted by Gasteiger charge is -2.08. The molecule has 0 unspecified atom stereocenters. The van der Waals surface area contributed by atoms with Crippen LogP contribution in [0.25, 0.3) is 0 Å². The number of rotatable bonds is 4. The van der Waals surface area contributed by atoms with Gasteiger partial charge in [-0.25, -0.2) is 18.1 Å². The lowest BCUT2D eigenvalue weighted by Crippen LogP contribution is -2.24. The Bertz CT molecular complexity index is 636. The van der Waals surface area contributed by atoms with E-state index in [9.17, 15) is 8.42 Å². The third-order valence-corrected chi connectivity index (χ3v) is 4.73. The van der Waals surface area contributed by atoms with Crippen LogP contribution < -0.4 is 10.5 Å². The largest absolute Gasteiger partial charge is 0.399 e. The molecular weight excluding hydrogens is 270 g/mol. The van der Waals surface area contributed by atoms with Gasteiger partial charge in [-0.1, -0.05) is 0 Å². The van der Waals surface area contributed by atoms with Crippen LogP contribution in [0.4, 0.5) is 5.69 Å². The zero-order chi connectivity index (χ0) is 13.2. The first-order valence-electron chi connectivity index (χ1n) is 5.23. The molecule has 5 nitrogen and oxygen atoms in total. The Morgan fingerprint density at radius 3 is 2.83 bits per heavy atom. The summed E-state index contributed by atoms with van der Waals surface area (Å²) in [5.41, 5.74) is 6.77. The number of aromatic nitrogens is 1. The van der Waals surface area contributed by atoms with E-state index in [1.54, 1.807) is 30.6 Å². The van der Waals surface area contributed by atoms with Crippen LogP contribution in [-0.4, -0.2) is 13.4 Å². The summed E-state index contributed by atoms with van der Waals surface area (Å²) >= 11 is 1.41. The Kier molecular flexibility index (Phi) is 3.65. The maximum Gasteiger partial charge on any atom is 0.241 e. The molecule has 0 fully saturated rings. The highest BCUT2D eigenvalue weighted by molar-refractivity contribution is 7.89. The summed E-state index contributed by atoms with van der Waals surface area (Å²) in [5.74, 6) is 0. The van der Waals surface area contributed by atoms with E-state index in [1.165, 1.54) is 17.4 Å². The molecule has 1 heterocycles.